The van der Waals surface area contributed by atoms with Gasteiger partial charge in [-0.25, -0.2) is 4.79 Å². The van der Waals surface area contributed by atoms with E-state index in [2.05, 4.69) is 19.9 Å². The summed E-state index contributed by atoms with van der Waals surface area (Å²) in [4.78, 5) is 46.6. The summed E-state index contributed by atoms with van der Waals surface area (Å²) in [5.74, 6) is -2.04. The lowest BCUT2D eigenvalue weighted by Crippen LogP contribution is -2.40. The Morgan fingerprint density at radius 1 is 1.27 bits per heavy atom. The molecule has 4 aromatic rings. The number of aromatic nitrogens is 3. The molecule has 2 atom stereocenters. The number of hydrogen-bond acceptors (Lipinski definition) is 9. The molecule has 1 aliphatic heterocycles. The highest BCUT2D eigenvalue weighted by atomic mass is 32.1. The normalized spacial score (nSPS) is 16.8. The molecule has 1 fully saturated rings. The minimum absolute atomic E-state index is 0.0666. The van der Waals surface area contributed by atoms with Crippen molar-refractivity contribution in [2.24, 2.45) is 0 Å². The fourth-order valence-corrected chi connectivity index (χ4v) is 5.46. The van der Waals surface area contributed by atoms with E-state index < -0.39 is 24.3 Å². The standard InChI is InChI=1S/C26H24F3N5O5S/c1-33(22(35)10-15-5-6-21-19(9-15)31-25(37)40-21)20(16-3-2-4-17(11-16)23-30-14-38-32-23)13-34-8-7-18(12-34)39-24(36)26(27,28)29/h2-6,9,11,14,18,20H,7-8,10,12-13H2,1H3,(H,31,37)/t18-,20+/m0/s1. The largest absolute Gasteiger partial charge is 0.490 e. The summed E-state index contributed by atoms with van der Waals surface area (Å²) in [6, 6.07) is 12.1. The van der Waals surface area contributed by atoms with Crippen molar-refractivity contribution in [3.8, 4) is 11.4 Å². The average Bonchev–Trinajstić information content (AvgIpc) is 3.67. The maximum atomic E-state index is 13.5. The van der Waals surface area contributed by atoms with Crippen LogP contribution in [0.3, 0.4) is 0 Å². The highest BCUT2D eigenvalue weighted by Gasteiger charge is 2.43. The molecule has 2 aromatic heterocycles. The number of aromatic amines is 1. The van der Waals surface area contributed by atoms with Crippen molar-refractivity contribution in [2.45, 2.75) is 31.2 Å². The van der Waals surface area contributed by atoms with Crippen molar-refractivity contribution < 1.29 is 32.0 Å². The van der Waals surface area contributed by atoms with Crippen LogP contribution in [-0.4, -0.2) is 75.8 Å². The summed E-state index contributed by atoms with van der Waals surface area (Å²) < 4.78 is 48.3. The second kappa shape index (κ2) is 11.2. The SMILES string of the molecule is CN(C(=O)Cc1ccc2sc(=O)[nH]c2c1)[C@H](CN1CC[C@H](OC(=O)C(F)(F)F)C1)c1cccc(-c2ncon2)c1. The first-order valence-electron chi connectivity index (χ1n) is 12.3. The molecular weight excluding hydrogens is 551 g/mol. The predicted octanol–water partition coefficient (Wildman–Crippen LogP) is 3.56. The van der Waals surface area contributed by atoms with E-state index in [4.69, 9.17) is 4.52 Å². The third kappa shape index (κ3) is 6.23. The van der Waals surface area contributed by atoms with Gasteiger partial charge in [-0.15, -0.1) is 0 Å². The highest BCUT2D eigenvalue weighted by Crippen LogP contribution is 2.28. The number of halogens is 3. The van der Waals surface area contributed by atoms with Gasteiger partial charge in [-0.2, -0.15) is 18.2 Å². The Bertz CT molecular complexity index is 1570. The maximum absolute atomic E-state index is 13.5. The van der Waals surface area contributed by atoms with Gasteiger partial charge < -0.3 is 19.1 Å². The Hall–Kier alpha value is -4.04. The van der Waals surface area contributed by atoms with Crippen LogP contribution in [0.2, 0.25) is 0 Å². The number of likely N-dealkylation sites (tertiary alicyclic amines) is 1. The lowest BCUT2D eigenvalue weighted by atomic mass is 10.0. The van der Waals surface area contributed by atoms with Crippen LogP contribution in [0, 0.1) is 0 Å². The van der Waals surface area contributed by atoms with E-state index in [-0.39, 0.29) is 36.7 Å². The van der Waals surface area contributed by atoms with Gasteiger partial charge in [0.15, 0.2) is 0 Å². The predicted molar refractivity (Wildman–Crippen MR) is 138 cm³/mol. The lowest BCUT2D eigenvalue weighted by molar-refractivity contribution is -0.204. The van der Waals surface area contributed by atoms with Gasteiger partial charge in [0.2, 0.25) is 18.1 Å². The van der Waals surface area contributed by atoms with Gasteiger partial charge in [0.1, 0.15) is 6.10 Å². The van der Waals surface area contributed by atoms with Gasteiger partial charge in [-0.05, 0) is 35.7 Å². The molecule has 0 aliphatic carbocycles. The van der Waals surface area contributed by atoms with E-state index >= 15 is 0 Å². The smallest absolute Gasteiger partial charge is 0.454 e. The van der Waals surface area contributed by atoms with Crippen LogP contribution in [0.1, 0.15) is 23.6 Å². The van der Waals surface area contributed by atoms with Gasteiger partial charge in [-0.3, -0.25) is 14.5 Å². The van der Waals surface area contributed by atoms with Crippen molar-refractivity contribution in [1.29, 1.82) is 0 Å². The van der Waals surface area contributed by atoms with E-state index in [1.165, 1.54) is 6.39 Å². The average molecular weight is 576 g/mol. The molecular formula is C26H24F3N5O5S. The number of carbonyl (C=O) groups is 2. The molecule has 0 radical (unpaired) electrons. The molecule has 1 saturated heterocycles. The van der Waals surface area contributed by atoms with Crippen LogP contribution >= 0.6 is 11.3 Å². The van der Waals surface area contributed by atoms with Crippen LogP contribution in [0.5, 0.6) is 0 Å². The Kier molecular flexibility index (Phi) is 7.72. The quantitative estimate of drug-likeness (QED) is 0.317. The number of rotatable bonds is 8. The number of hydrogen-bond donors (Lipinski definition) is 1. The first-order valence-corrected chi connectivity index (χ1v) is 13.1. The number of fused-ring (bicyclic) bond motifs is 1. The molecule has 0 saturated carbocycles. The molecule has 1 amide bonds. The number of carbonyl (C=O) groups excluding carboxylic acids is 2. The second-order valence-electron chi connectivity index (χ2n) is 9.50. The molecule has 5 rings (SSSR count). The second-order valence-corrected chi connectivity index (χ2v) is 10.5. The topological polar surface area (TPSA) is 122 Å². The molecule has 1 aliphatic rings. The number of likely N-dealkylation sites (N-methyl/N-ethyl adjacent to an activating group) is 1. The summed E-state index contributed by atoms with van der Waals surface area (Å²) >= 11 is 1.09. The van der Waals surface area contributed by atoms with Crippen LogP contribution in [0.4, 0.5) is 13.2 Å². The molecule has 1 N–H and O–H groups in total. The molecule has 10 nitrogen and oxygen atoms in total. The lowest BCUT2D eigenvalue weighted by Gasteiger charge is -2.32. The van der Waals surface area contributed by atoms with Crippen molar-refractivity contribution in [2.75, 3.05) is 26.7 Å². The number of benzene rings is 2. The Morgan fingerprint density at radius 2 is 2.10 bits per heavy atom. The molecule has 0 spiro atoms. The minimum Gasteiger partial charge on any atom is -0.454 e. The Labute approximate surface area is 229 Å². The number of ether oxygens (including phenoxy) is 1. The van der Waals surface area contributed by atoms with Gasteiger partial charge >= 0.3 is 17.0 Å². The minimum atomic E-state index is -5.06. The number of nitrogens with zero attached hydrogens (tertiary/aromatic N) is 4. The van der Waals surface area contributed by atoms with E-state index in [9.17, 15) is 27.6 Å². The van der Waals surface area contributed by atoms with E-state index in [0.717, 1.165) is 27.2 Å². The molecule has 14 heteroatoms. The fraction of sp³-hybridized carbons (Fsp3) is 0.346. The third-order valence-electron chi connectivity index (χ3n) is 6.76. The molecule has 40 heavy (non-hydrogen) atoms. The van der Waals surface area contributed by atoms with Gasteiger partial charge in [0.05, 0.1) is 22.7 Å². The zero-order valence-electron chi connectivity index (χ0n) is 21.2. The monoisotopic (exact) mass is 575 g/mol. The number of H-pyrrole nitrogens is 1. The maximum Gasteiger partial charge on any atom is 0.490 e. The molecule has 0 unspecified atom stereocenters. The molecule has 2 aromatic carbocycles. The molecule has 0 bridgehead atoms. The van der Waals surface area contributed by atoms with Crippen LogP contribution < -0.4 is 4.87 Å². The van der Waals surface area contributed by atoms with Gasteiger partial charge in [0, 0.05) is 32.2 Å². The number of alkyl halides is 3. The third-order valence-corrected chi connectivity index (χ3v) is 7.62. The van der Waals surface area contributed by atoms with Crippen LogP contribution in [0.15, 0.2) is 58.2 Å². The number of thiazole rings is 1. The van der Waals surface area contributed by atoms with E-state index in [1.54, 1.807) is 42.3 Å². The van der Waals surface area contributed by atoms with Crippen molar-refractivity contribution in [3.63, 3.8) is 0 Å². The van der Waals surface area contributed by atoms with Crippen molar-refractivity contribution in [1.82, 2.24) is 24.9 Å². The van der Waals surface area contributed by atoms with Gasteiger partial charge in [0.25, 0.3) is 0 Å². The number of esters is 1. The summed E-state index contributed by atoms with van der Waals surface area (Å²) in [5, 5.41) is 3.87. The molecule has 210 valence electrons. The zero-order chi connectivity index (χ0) is 28.4. The zero-order valence-corrected chi connectivity index (χ0v) is 22.0. The summed E-state index contributed by atoms with van der Waals surface area (Å²) in [6.45, 7) is 0.781. The van der Waals surface area contributed by atoms with Crippen LogP contribution in [-0.2, 0) is 20.7 Å². The van der Waals surface area contributed by atoms with Crippen molar-refractivity contribution >= 4 is 33.4 Å². The highest BCUT2D eigenvalue weighted by molar-refractivity contribution is 7.16. The molecule has 3 heterocycles. The first-order chi connectivity index (χ1) is 19.1. The van der Waals surface area contributed by atoms with Crippen molar-refractivity contribution in [3.05, 3.63) is 69.7 Å². The fourth-order valence-electron chi connectivity index (χ4n) is 4.74. The first kappa shape index (κ1) is 27.5. The number of nitrogens with one attached hydrogen (secondary N) is 1. The Morgan fingerprint density at radius 3 is 2.85 bits per heavy atom. The van der Waals surface area contributed by atoms with Crippen LogP contribution in [0.25, 0.3) is 21.6 Å². The summed E-state index contributed by atoms with van der Waals surface area (Å²) in [7, 11) is 1.66. The van der Waals surface area contributed by atoms with E-state index in [0.29, 0.717) is 23.4 Å². The summed E-state index contributed by atoms with van der Waals surface area (Å²) in [6.07, 6.45) is -4.44. The van der Waals surface area contributed by atoms with Gasteiger partial charge in [-0.1, -0.05) is 40.8 Å². The Balaban J connectivity index is 1.36. The van der Waals surface area contributed by atoms with E-state index in [1.807, 2.05) is 17.0 Å². The summed E-state index contributed by atoms with van der Waals surface area (Å²) in [5.41, 5.74) is 2.80. The number of amides is 1.